The number of benzene rings is 1. The molecule has 0 unspecified atom stereocenters. The van der Waals surface area contributed by atoms with Crippen LogP contribution >= 0.6 is 23.1 Å². The van der Waals surface area contributed by atoms with Gasteiger partial charge in [-0.2, -0.15) is 11.8 Å². The number of thioether (sulfide) groups is 1. The Morgan fingerprint density at radius 3 is 2.70 bits per heavy atom. The van der Waals surface area contributed by atoms with Crippen LogP contribution in [0.25, 0.3) is 0 Å². The molecule has 3 rings (SSSR count). The fourth-order valence-electron chi connectivity index (χ4n) is 3.26. The molecule has 1 aromatic heterocycles. The van der Waals surface area contributed by atoms with Crippen LogP contribution in [0.5, 0.6) is 0 Å². The number of rotatable bonds is 10. The third-order valence-electron chi connectivity index (χ3n) is 4.77. The maximum Gasteiger partial charge on any atom is 0.237 e. The topological polar surface area (TPSA) is 112 Å². The van der Waals surface area contributed by atoms with Crippen molar-refractivity contribution in [3.8, 4) is 0 Å². The van der Waals surface area contributed by atoms with Crippen LogP contribution in [0.4, 0.5) is 5.69 Å². The largest absolute Gasteiger partial charge is 0.399 e. The van der Waals surface area contributed by atoms with E-state index in [9.17, 15) is 8.42 Å². The van der Waals surface area contributed by atoms with E-state index in [1.54, 1.807) is 47.4 Å². The molecule has 2 aromatic rings. The highest BCUT2D eigenvalue weighted by molar-refractivity contribution is 7.98. The number of nitrogen functional groups attached to an aromatic ring is 1. The molecular formula is C20H29N5O2S3. The molecule has 0 spiro atoms. The first kappa shape index (κ1) is 23.1. The molecule has 1 fully saturated rings. The van der Waals surface area contributed by atoms with E-state index in [1.165, 1.54) is 32.4 Å². The summed E-state index contributed by atoms with van der Waals surface area (Å²) in [5, 5.41) is 11.2. The number of piperidine rings is 1. The second-order valence-electron chi connectivity index (χ2n) is 7.45. The molecule has 1 aliphatic rings. The molecule has 0 amide bonds. The summed E-state index contributed by atoms with van der Waals surface area (Å²) in [5.41, 5.74) is 7.91. The van der Waals surface area contributed by atoms with Crippen LogP contribution in [0.3, 0.4) is 0 Å². The molecule has 10 heteroatoms. The predicted octanol–water partition coefficient (Wildman–Crippen LogP) is 3.43. The van der Waals surface area contributed by atoms with Gasteiger partial charge in [0, 0.05) is 29.0 Å². The Balaban J connectivity index is 1.34. The SMILES string of the molecule is N=C(CCSCc1csc(CN2CCCCC2)n1)NS(=O)(=O)Cc1ccc(N)cc1. The van der Waals surface area contributed by atoms with E-state index in [4.69, 9.17) is 16.1 Å². The molecule has 2 heterocycles. The number of hydrogen-bond acceptors (Lipinski definition) is 8. The van der Waals surface area contributed by atoms with E-state index in [0.717, 1.165) is 23.0 Å². The molecule has 0 atom stereocenters. The summed E-state index contributed by atoms with van der Waals surface area (Å²) in [5.74, 6) is 1.30. The van der Waals surface area contributed by atoms with Crippen LogP contribution in [0, 0.1) is 5.41 Å². The van der Waals surface area contributed by atoms with Crippen molar-refractivity contribution in [2.24, 2.45) is 0 Å². The third-order valence-corrected chi connectivity index (χ3v) is 7.91. The number of amidine groups is 1. The van der Waals surface area contributed by atoms with Crippen LogP contribution in [0.1, 0.15) is 41.9 Å². The maximum absolute atomic E-state index is 12.2. The molecule has 7 nitrogen and oxygen atoms in total. The van der Waals surface area contributed by atoms with E-state index in [-0.39, 0.29) is 11.6 Å². The number of nitrogens with two attached hydrogens (primary N) is 1. The number of likely N-dealkylation sites (tertiary alicyclic amines) is 1. The molecule has 4 N–H and O–H groups in total. The fourth-order valence-corrected chi connectivity index (χ4v) is 6.23. The first-order chi connectivity index (χ1) is 14.4. The quantitative estimate of drug-likeness (QED) is 0.214. The Hall–Kier alpha value is -1.62. The average molecular weight is 468 g/mol. The summed E-state index contributed by atoms with van der Waals surface area (Å²) >= 11 is 3.38. The third kappa shape index (κ3) is 7.90. The lowest BCUT2D eigenvalue weighted by atomic mass is 10.1. The zero-order valence-electron chi connectivity index (χ0n) is 17.0. The summed E-state index contributed by atoms with van der Waals surface area (Å²) in [4.78, 5) is 7.18. The van der Waals surface area contributed by atoms with Crippen molar-refractivity contribution in [1.82, 2.24) is 14.6 Å². The van der Waals surface area contributed by atoms with Crippen LogP contribution in [0.2, 0.25) is 0 Å². The van der Waals surface area contributed by atoms with Gasteiger partial charge in [-0.15, -0.1) is 11.3 Å². The van der Waals surface area contributed by atoms with Crippen LogP contribution in [-0.4, -0.2) is 43.0 Å². The fraction of sp³-hybridized carbons (Fsp3) is 0.500. The van der Waals surface area contributed by atoms with E-state index in [2.05, 4.69) is 15.0 Å². The Bertz CT molecular complexity index is 922. The van der Waals surface area contributed by atoms with Crippen molar-refractivity contribution >= 4 is 44.6 Å². The zero-order valence-corrected chi connectivity index (χ0v) is 19.4. The van der Waals surface area contributed by atoms with Gasteiger partial charge in [0.25, 0.3) is 0 Å². The number of nitrogens with zero attached hydrogens (tertiary/aromatic N) is 2. The van der Waals surface area contributed by atoms with Gasteiger partial charge in [0.2, 0.25) is 10.0 Å². The van der Waals surface area contributed by atoms with Gasteiger partial charge in [-0.05, 0) is 43.6 Å². The van der Waals surface area contributed by atoms with Gasteiger partial charge in [0.15, 0.2) is 0 Å². The first-order valence-electron chi connectivity index (χ1n) is 10.1. The molecule has 0 saturated carbocycles. The maximum atomic E-state index is 12.2. The van der Waals surface area contributed by atoms with Crippen molar-refractivity contribution in [1.29, 1.82) is 5.41 Å². The molecule has 0 aliphatic carbocycles. The molecule has 1 saturated heterocycles. The molecule has 30 heavy (non-hydrogen) atoms. The van der Waals surface area contributed by atoms with Gasteiger partial charge >= 0.3 is 0 Å². The second-order valence-corrected chi connectivity index (χ2v) is 11.2. The first-order valence-corrected chi connectivity index (χ1v) is 13.7. The molecule has 164 valence electrons. The minimum Gasteiger partial charge on any atom is -0.399 e. The van der Waals surface area contributed by atoms with E-state index >= 15 is 0 Å². The Morgan fingerprint density at radius 1 is 1.23 bits per heavy atom. The van der Waals surface area contributed by atoms with E-state index in [1.807, 2.05) is 0 Å². The predicted molar refractivity (Wildman–Crippen MR) is 126 cm³/mol. The van der Waals surface area contributed by atoms with Crippen molar-refractivity contribution in [2.45, 2.75) is 43.7 Å². The van der Waals surface area contributed by atoms with E-state index in [0.29, 0.717) is 23.4 Å². The average Bonchev–Trinajstić information content (AvgIpc) is 3.14. The van der Waals surface area contributed by atoms with Crippen LogP contribution in [-0.2, 0) is 28.1 Å². The number of aromatic nitrogens is 1. The Kier molecular flexibility index (Phi) is 8.55. The Morgan fingerprint density at radius 2 is 1.97 bits per heavy atom. The molecule has 1 aromatic carbocycles. The molecule has 1 aliphatic heterocycles. The lowest BCUT2D eigenvalue weighted by Crippen LogP contribution is -2.31. The molecule has 0 bridgehead atoms. The summed E-state index contributed by atoms with van der Waals surface area (Å²) in [7, 11) is -3.59. The number of nitrogens with one attached hydrogen (secondary N) is 2. The highest BCUT2D eigenvalue weighted by Gasteiger charge is 2.14. The van der Waals surface area contributed by atoms with Crippen molar-refractivity contribution in [2.75, 3.05) is 24.6 Å². The number of anilines is 1. The monoisotopic (exact) mass is 467 g/mol. The van der Waals surface area contributed by atoms with Crippen molar-refractivity contribution in [3.05, 3.63) is 45.9 Å². The highest BCUT2D eigenvalue weighted by Crippen LogP contribution is 2.19. The minimum absolute atomic E-state index is 0.0158. The van der Waals surface area contributed by atoms with Gasteiger partial charge in [-0.25, -0.2) is 13.4 Å². The van der Waals surface area contributed by atoms with E-state index < -0.39 is 10.0 Å². The van der Waals surface area contributed by atoms with Gasteiger partial charge in [-0.3, -0.25) is 15.0 Å². The van der Waals surface area contributed by atoms with Gasteiger partial charge in [0.1, 0.15) is 10.8 Å². The van der Waals surface area contributed by atoms with Crippen molar-refractivity contribution < 1.29 is 8.42 Å². The lowest BCUT2D eigenvalue weighted by molar-refractivity contribution is 0.220. The summed E-state index contributed by atoms with van der Waals surface area (Å²) in [6, 6.07) is 6.70. The summed E-state index contributed by atoms with van der Waals surface area (Å²) < 4.78 is 26.8. The van der Waals surface area contributed by atoms with Crippen molar-refractivity contribution in [3.63, 3.8) is 0 Å². The van der Waals surface area contributed by atoms with Gasteiger partial charge in [-0.1, -0.05) is 18.6 Å². The smallest absolute Gasteiger partial charge is 0.237 e. The molecular weight excluding hydrogens is 438 g/mol. The standard InChI is InChI=1S/C20H29N5O2S3/c21-17-6-4-16(5-7-17)15-30(26,27)24-19(22)8-11-28-13-18-14-29-20(23-18)12-25-9-2-1-3-10-25/h4-7,14H,1-3,8-13,15,21H2,(H2,22,24). The summed E-state index contributed by atoms with van der Waals surface area (Å²) in [6.07, 6.45) is 4.27. The minimum atomic E-state index is -3.59. The highest BCUT2D eigenvalue weighted by atomic mass is 32.2. The van der Waals surface area contributed by atoms with Gasteiger partial charge < -0.3 is 5.73 Å². The second kappa shape index (κ2) is 11.1. The van der Waals surface area contributed by atoms with Crippen LogP contribution < -0.4 is 10.5 Å². The lowest BCUT2D eigenvalue weighted by Gasteiger charge is -2.25. The number of sulfonamides is 1. The number of thiazole rings is 1. The Labute approximate surface area is 187 Å². The normalized spacial score (nSPS) is 15.2. The number of hydrogen-bond donors (Lipinski definition) is 3. The van der Waals surface area contributed by atoms with Gasteiger partial charge in [0.05, 0.1) is 18.0 Å². The summed E-state index contributed by atoms with van der Waals surface area (Å²) in [6.45, 7) is 3.27. The molecule has 0 radical (unpaired) electrons. The van der Waals surface area contributed by atoms with Crippen LogP contribution in [0.15, 0.2) is 29.6 Å². The zero-order chi connectivity index (χ0) is 21.4.